The molecule has 8 heteroatoms. The lowest BCUT2D eigenvalue weighted by atomic mass is 10.2. The van der Waals surface area contributed by atoms with Crippen LogP contribution in [0.4, 0.5) is 0 Å². The predicted molar refractivity (Wildman–Crippen MR) is 88.4 cm³/mol. The zero-order valence-electron chi connectivity index (χ0n) is 14.6. The third-order valence-corrected chi connectivity index (χ3v) is 3.85. The summed E-state index contributed by atoms with van der Waals surface area (Å²) in [5.74, 6) is 1.53. The molecule has 1 aliphatic rings. The third-order valence-electron chi connectivity index (χ3n) is 3.85. The second-order valence-corrected chi connectivity index (χ2v) is 6.06. The monoisotopic (exact) mass is 346 g/mol. The number of hydrogen-bond donors (Lipinski definition) is 0. The molecule has 0 aliphatic carbocycles. The van der Waals surface area contributed by atoms with Crippen LogP contribution in [-0.2, 0) is 4.74 Å². The minimum absolute atomic E-state index is 0.104. The Labute approximate surface area is 146 Å². The van der Waals surface area contributed by atoms with E-state index in [0.29, 0.717) is 49.5 Å². The minimum Gasteiger partial charge on any atom is -0.478 e. The molecule has 3 heterocycles. The summed E-state index contributed by atoms with van der Waals surface area (Å²) in [6.07, 6.45) is 1.12. The maximum absolute atomic E-state index is 12.7. The smallest absolute Gasteiger partial charge is 0.255 e. The van der Waals surface area contributed by atoms with Gasteiger partial charge in [-0.15, -0.1) is 10.2 Å². The largest absolute Gasteiger partial charge is 0.478 e. The SMILES string of the molecule is CCOc1ccc(C(=O)N2CCO[C@H](c3nnc(C(C)C)o3)C2)cn1. The van der Waals surface area contributed by atoms with Crippen molar-refractivity contribution < 1.29 is 18.7 Å². The number of nitrogens with zero attached hydrogens (tertiary/aromatic N) is 4. The average Bonchev–Trinajstić information content (AvgIpc) is 3.13. The van der Waals surface area contributed by atoms with E-state index in [2.05, 4.69) is 15.2 Å². The van der Waals surface area contributed by atoms with Crippen LogP contribution in [0.3, 0.4) is 0 Å². The first-order valence-corrected chi connectivity index (χ1v) is 8.41. The molecule has 1 fully saturated rings. The number of pyridine rings is 1. The number of carbonyl (C=O) groups excluding carboxylic acids is 1. The molecule has 0 unspecified atom stereocenters. The Bertz CT molecular complexity index is 714. The summed E-state index contributed by atoms with van der Waals surface area (Å²) in [6, 6.07) is 3.41. The summed E-state index contributed by atoms with van der Waals surface area (Å²) >= 11 is 0. The van der Waals surface area contributed by atoms with Gasteiger partial charge in [0.25, 0.3) is 5.91 Å². The molecule has 0 saturated carbocycles. The maximum atomic E-state index is 12.7. The lowest BCUT2D eigenvalue weighted by Crippen LogP contribution is -2.42. The zero-order chi connectivity index (χ0) is 17.8. The Morgan fingerprint density at radius 1 is 1.40 bits per heavy atom. The fourth-order valence-electron chi connectivity index (χ4n) is 2.52. The Morgan fingerprint density at radius 2 is 2.24 bits per heavy atom. The minimum atomic E-state index is -0.409. The van der Waals surface area contributed by atoms with Crippen molar-refractivity contribution in [1.82, 2.24) is 20.1 Å². The molecule has 0 spiro atoms. The third kappa shape index (κ3) is 3.96. The first-order valence-electron chi connectivity index (χ1n) is 8.41. The zero-order valence-corrected chi connectivity index (χ0v) is 14.6. The van der Waals surface area contributed by atoms with Crippen LogP contribution < -0.4 is 4.74 Å². The van der Waals surface area contributed by atoms with Gasteiger partial charge in [0.15, 0.2) is 6.10 Å². The van der Waals surface area contributed by atoms with E-state index in [1.165, 1.54) is 6.20 Å². The van der Waals surface area contributed by atoms with E-state index in [4.69, 9.17) is 13.9 Å². The number of hydrogen-bond acceptors (Lipinski definition) is 7. The highest BCUT2D eigenvalue weighted by Crippen LogP contribution is 2.24. The van der Waals surface area contributed by atoms with Gasteiger partial charge in [0.1, 0.15) is 0 Å². The van der Waals surface area contributed by atoms with Crippen molar-refractivity contribution in [3.8, 4) is 5.88 Å². The van der Waals surface area contributed by atoms with Gasteiger partial charge in [-0.25, -0.2) is 4.98 Å². The Balaban J connectivity index is 1.68. The first-order chi connectivity index (χ1) is 12.1. The second kappa shape index (κ2) is 7.60. The molecule has 1 aliphatic heterocycles. The molecule has 1 saturated heterocycles. The van der Waals surface area contributed by atoms with E-state index < -0.39 is 6.10 Å². The Hall–Kier alpha value is -2.48. The summed E-state index contributed by atoms with van der Waals surface area (Å²) in [5, 5.41) is 8.07. The predicted octanol–water partition coefficient (Wildman–Crippen LogP) is 2.20. The van der Waals surface area contributed by atoms with Gasteiger partial charge >= 0.3 is 0 Å². The van der Waals surface area contributed by atoms with Gasteiger partial charge in [-0.1, -0.05) is 13.8 Å². The van der Waals surface area contributed by atoms with E-state index >= 15 is 0 Å². The van der Waals surface area contributed by atoms with Gasteiger partial charge in [-0.2, -0.15) is 0 Å². The van der Waals surface area contributed by atoms with Crippen molar-refractivity contribution in [3.05, 3.63) is 35.7 Å². The molecule has 25 heavy (non-hydrogen) atoms. The van der Waals surface area contributed by atoms with Crippen molar-refractivity contribution >= 4 is 5.91 Å². The average molecular weight is 346 g/mol. The van der Waals surface area contributed by atoms with Crippen LogP contribution in [0, 0.1) is 0 Å². The fourth-order valence-corrected chi connectivity index (χ4v) is 2.52. The van der Waals surface area contributed by atoms with Gasteiger partial charge in [-0.3, -0.25) is 4.79 Å². The van der Waals surface area contributed by atoms with Crippen molar-refractivity contribution in [2.24, 2.45) is 0 Å². The van der Waals surface area contributed by atoms with E-state index in [-0.39, 0.29) is 11.8 Å². The molecule has 0 radical (unpaired) electrons. The second-order valence-electron chi connectivity index (χ2n) is 6.06. The molecule has 8 nitrogen and oxygen atoms in total. The van der Waals surface area contributed by atoms with Crippen LogP contribution in [0.15, 0.2) is 22.7 Å². The van der Waals surface area contributed by atoms with Gasteiger partial charge in [0.2, 0.25) is 17.7 Å². The maximum Gasteiger partial charge on any atom is 0.255 e. The number of aromatic nitrogens is 3. The van der Waals surface area contributed by atoms with Crippen LogP contribution in [0.25, 0.3) is 0 Å². The van der Waals surface area contributed by atoms with Crippen molar-refractivity contribution in [3.63, 3.8) is 0 Å². The molecule has 2 aromatic rings. The molecule has 0 bridgehead atoms. The first kappa shape index (κ1) is 17.3. The summed E-state index contributed by atoms with van der Waals surface area (Å²) in [6.45, 7) is 7.67. The van der Waals surface area contributed by atoms with Crippen LogP contribution in [0.2, 0.25) is 0 Å². The summed E-state index contributed by atoms with van der Waals surface area (Å²) in [5.41, 5.74) is 0.512. The molecule has 0 N–H and O–H groups in total. The van der Waals surface area contributed by atoms with Crippen molar-refractivity contribution in [2.45, 2.75) is 32.8 Å². The van der Waals surface area contributed by atoms with Crippen LogP contribution in [0.1, 0.15) is 54.9 Å². The Kier molecular flexibility index (Phi) is 5.28. The van der Waals surface area contributed by atoms with E-state index in [0.717, 1.165) is 0 Å². The highest BCUT2D eigenvalue weighted by Gasteiger charge is 2.30. The fraction of sp³-hybridized carbons (Fsp3) is 0.529. The van der Waals surface area contributed by atoms with Crippen molar-refractivity contribution in [1.29, 1.82) is 0 Å². The molecule has 3 rings (SSSR count). The van der Waals surface area contributed by atoms with Crippen LogP contribution in [-0.4, -0.2) is 52.3 Å². The van der Waals surface area contributed by atoms with Gasteiger partial charge < -0.3 is 18.8 Å². The van der Waals surface area contributed by atoms with Gasteiger partial charge in [0, 0.05) is 24.7 Å². The van der Waals surface area contributed by atoms with Crippen LogP contribution in [0.5, 0.6) is 5.88 Å². The summed E-state index contributed by atoms with van der Waals surface area (Å²) in [7, 11) is 0. The summed E-state index contributed by atoms with van der Waals surface area (Å²) < 4.78 is 16.6. The van der Waals surface area contributed by atoms with Crippen LogP contribution >= 0.6 is 0 Å². The highest BCUT2D eigenvalue weighted by atomic mass is 16.5. The number of rotatable bonds is 5. The Morgan fingerprint density at radius 3 is 2.88 bits per heavy atom. The van der Waals surface area contributed by atoms with Gasteiger partial charge in [0.05, 0.1) is 25.3 Å². The molecular weight excluding hydrogens is 324 g/mol. The molecule has 1 amide bonds. The standard InChI is InChI=1S/C17H22N4O4/c1-4-23-14-6-5-12(9-18-14)17(22)21-7-8-24-13(10-21)16-20-19-15(25-16)11(2)3/h5-6,9,11,13H,4,7-8,10H2,1-3H3/t13-/m0/s1. The van der Waals surface area contributed by atoms with Crippen molar-refractivity contribution in [2.75, 3.05) is 26.3 Å². The lowest BCUT2D eigenvalue weighted by molar-refractivity contribution is -0.0351. The normalized spacial score (nSPS) is 17.8. The number of morpholine rings is 1. The molecular formula is C17H22N4O4. The quantitative estimate of drug-likeness (QED) is 0.819. The number of carbonyl (C=O) groups is 1. The molecule has 134 valence electrons. The molecule has 0 aromatic carbocycles. The topological polar surface area (TPSA) is 90.6 Å². The molecule has 1 atom stereocenters. The molecule has 2 aromatic heterocycles. The van der Waals surface area contributed by atoms with E-state index in [1.807, 2.05) is 20.8 Å². The van der Waals surface area contributed by atoms with E-state index in [1.54, 1.807) is 17.0 Å². The van der Waals surface area contributed by atoms with E-state index in [9.17, 15) is 4.79 Å². The van der Waals surface area contributed by atoms with Gasteiger partial charge in [-0.05, 0) is 13.0 Å². The lowest BCUT2D eigenvalue weighted by Gasteiger charge is -2.31. The summed E-state index contributed by atoms with van der Waals surface area (Å²) in [4.78, 5) is 18.5. The highest BCUT2D eigenvalue weighted by molar-refractivity contribution is 5.94. The number of amides is 1. The number of ether oxygens (including phenoxy) is 2.